The van der Waals surface area contributed by atoms with Crippen molar-refractivity contribution < 1.29 is 27.8 Å². The fraction of sp³-hybridized carbons (Fsp3) is 0.385. The van der Waals surface area contributed by atoms with Gasteiger partial charge in [0.05, 0.1) is 24.8 Å². The Bertz CT molecular complexity index is 1310. The lowest BCUT2D eigenvalue weighted by Gasteiger charge is -2.19. The van der Waals surface area contributed by atoms with Crippen LogP contribution in [0, 0.1) is 5.82 Å². The minimum Gasteiger partial charge on any atom is -0.496 e. The van der Waals surface area contributed by atoms with E-state index in [4.69, 9.17) is 16.2 Å². The van der Waals surface area contributed by atoms with Gasteiger partial charge >= 0.3 is 0 Å². The van der Waals surface area contributed by atoms with Crippen molar-refractivity contribution in [3.63, 3.8) is 0 Å². The lowest BCUT2D eigenvalue weighted by Crippen LogP contribution is -2.32. The van der Waals surface area contributed by atoms with Gasteiger partial charge in [-0.1, -0.05) is 24.3 Å². The largest absolute Gasteiger partial charge is 0.496 e. The van der Waals surface area contributed by atoms with Crippen molar-refractivity contribution in [1.29, 1.82) is 0 Å². The number of alkyl halides is 2. The van der Waals surface area contributed by atoms with Crippen LogP contribution in [0.15, 0.2) is 42.5 Å². The lowest BCUT2D eigenvalue weighted by molar-refractivity contribution is -0.0257. The number of aliphatic hydroxyl groups is 1. The molecule has 0 saturated carbocycles. The number of aromatic nitrogens is 2. The molecule has 0 spiro atoms. The number of rotatable bonds is 8. The van der Waals surface area contributed by atoms with Gasteiger partial charge in [0.15, 0.2) is 0 Å². The molecule has 1 aromatic heterocycles. The van der Waals surface area contributed by atoms with Crippen LogP contribution in [-0.2, 0) is 6.54 Å². The second-order valence-corrected chi connectivity index (χ2v) is 9.56. The number of likely N-dealkylation sites (tertiary alicyclic amines) is 1. The van der Waals surface area contributed by atoms with Crippen LogP contribution in [0.1, 0.15) is 47.6 Å². The molecule has 2 atom stereocenters. The first-order valence-corrected chi connectivity index (χ1v) is 12.1. The van der Waals surface area contributed by atoms with E-state index in [1.807, 2.05) is 13.8 Å². The summed E-state index contributed by atoms with van der Waals surface area (Å²) in [5.41, 5.74) is 13.5. The van der Waals surface area contributed by atoms with E-state index >= 15 is 0 Å². The molecule has 2 aromatic carbocycles. The molecule has 1 saturated heterocycles. The molecule has 204 valence electrons. The number of amides is 1. The van der Waals surface area contributed by atoms with Crippen molar-refractivity contribution in [2.24, 2.45) is 5.73 Å². The summed E-state index contributed by atoms with van der Waals surface area (Å²) in [6.07, 6.45) is -1.53. The van der Waals surface area contributed by atoms with Gasteiger partial charge in [0, 0.05) is 24.7 Å². The van der Waals surface area contributed by atoms with E-state index < -0.39 is 36.5 Å². The molecule has 3 aromatic rings. The van der Waals surface area contributed by atoms with Gasteiger partial charge in [-0.25, -0.2) is 17.9 Å². The number of carbonyl (C=O) groups is 1. The van der Waals surface area contributed by atoms with Gasteiger partial charge in [-0.05, 0) is 37.6 Å². The van der Waals surface area contributed by atoms with E-state index in [2.05, 4.69) is 10.4 Å². The molecule has 1 amide bonds. The molecule has 0 aliphatic carbocycles. The van der Waals surface area contributed by atoms with Crippen LogP contribution >= 0.6 is 0 Å². The number of anilines is 1. The highest BCUT2D eigenvalue weighted by molar-refractivity contribution is 5.96. The molecule has 2 heterocycles. The smallest absolute Gasteiger partial charge is 0.283 e. The number of halogens is 3. The number of nitrogens with zero attached hydrogens (tertiary/aromatic N) is 3. The number of nitrogen functional groups attached to an aromatic ring is 1. The molecule has 6 N–H and O–H groups in total. The Morgan fingerprint density at radius 1 is 1.26 bits per heavy atom. The number of nitrogens with two attached hydrogens (primary N) is 2. The number of nitrogens with one attached hydrogen (secondary N) is 1. The van der Waals surface area contributed by atoms with Crippen LogP contribution < -0.4 is 21.5 Å². The lowest BCUT2D eigenvalue weighted by atomic mass is 10.0. The van der Waals surface area contributed by atoms with Crippen LogP contribution in [0.5, 0.6) is 5.75 Å². The third-order valence-electron chi connectivity index (χ3n) is 6.70. The van der Waals surface area contributed by atoms with Gasteiger partial charge in [-0.15, -0.1) is 0 Å². The summed E-state index contributed by atoms with van der Waals surface area (Å²) < 4.78 is 49.6. The molecule has 9 nitrogen and oxygen atoms in total. The van der Waals surface area contributed by atoms with Gasteiger partial charge in [0.2, 0.25) is 0 Å². The Morgan fingerprint density at radius 2 is 1.95 bits per heavy atom. The molecule has 12 heteroatoms. The summed E-state index contributed by atoms with van der Waals surface area (Å²) in [6.45, 7) is 3.42. The van der Waals surface area contributed by atoms with Gasteiger partial charge in [-0.2, -0.15) is 5.10 Å². The number of hydrogen-bond donors (Lipinski definition) is 4. The third-order valence-corrected chi connectivity index (χ3v) is 6.70. The predicted molar refractivity (Wildman–Crippen MR) is 136 cm³/mol. The zero-order valence-electron chi connectivity index (χ0n) is 21.3. The van der Waals surface area contributed by atoms with E-state index in [9.17, 15) is 23.1 Å². The summed E-state index contributed by atoms with van der Waals surface area (Å²) in [5.74, 6) is -4.04. The fourth-order valence-electron chi connectivity index (χ4n) is 4.56. The van der Waals surface area contributed by atoms with Crippen LogP contribution in [0.3, 0.4) is 0 Å². The van der Waals surface area contributed by atoms with Crippen LogP contribution in [0.2, 0.25) is 0 Å². The molecule has 2 unspecified atom stereocenters. The molecule has 1 fully saturated rings. The van der Waals surface area contributed by atoms with Crippen molar-refractivity contribution in [1.82, 2.24) is 20.0 Å². The highest BCUT2D eigenvalue weighted by Crippen LogP contribution is 2.41. The Kier molecular flexibility index (Phi) is 7.68. The molecular weight excluding hydrogens is 501 g/mol. The second kappa shape index (κ2) is 10.6. The Hall–Kier alpha value is -3.61. The molecule has 1 aliphatic heterocycles. The number of methoxy groups -OCH3 is 1. The van der Waals surface area contributed by atoms with E-state index in [1.165, 1.54) is 19.2 Å². The summed E-state index contributed by atoms with van der Waals surface area (Å²) in [5, 5.41) is 17.3. The van der Waals surface area contributed by atoms with Crippen molar-refractivity contribution >= 4 is 11.7 Å². The average Bonchev–Trinajstić information content (AvgIpc) is 3.38. The highest BCUT2D eigenvalue weighted by atomic mass is 19.3. The maximum absolute atomic E-state index is 14.9. The first kappa shape index (κ1) is 27.4. The minimum absolute atomic E-state index is 0.0465. The summed E-state index contributed by atoms with van der Waals surface area (Å²) in [4.78, 5) is 14.2. The Balaban J connectivity index is 1.56. The van der Waals surface area contributed by atoms with Crippen molar-refractivity contribution in [2.75, 3.05) is 25.9 Å². The SMILES string of the molecule is COc1ccc(F)cc1C(=O)NCc1ccc(-c2nn(C3CN(C(C)C)CC3(F)F)c(N)c2C(N)O)cc1. The van der Waals surface area contributed by atoms with E-state index in [1.54, 1.807) is 29.2 Å². The summed E-state index contributed by atoms with van der Waals surface area (Å²) in [6, 6.07) is 8.98. The van der Waals surface area contributed by atoms with E-state index in [0.29, 0.717) is 11.1 Å². The number of hydrogen-bond acceptors (Lipinski definition) is 7. The van der Waals surface area contributed by atoms with Gasteiger partial charge in [-0.3, -0.25) is 9.69 Å². The standard InChI is InChI=1S/C26H31F3N6O3/c1-14(2)34-12-20(26(28,29)13-34)35-23(30)21(24(31)36)22(33-35)16-6-4-15(5-7-16)11-32-25(37)18-10-17(27)8-9-19(18)38-3/h4-10,14,20,24,36H,11-13,30-31H2,1-3H3,(H,32,37). The van der Waals surface area contributed by atoms with Gasteiger partial charge in [0.25, 0.3) is 11.8 Å². The van der Waals surface area contributed by atoms with Crippen molar-refractivity contribution in [2.45, 2.75) is 44.6 Å². The quantitative estimate of drug-likeness (QED) is 0.328. The zero-order valence-corrected chi connectivity index (χ0v) is 21.3. The Morgan fingerprint density at radius 3 is 2.53 bits per heavy atom. The van der Waals surface area contributed by atoms with E-state index in [0.717, 1.165) is 10.7 Å². The number of carbonyl (C=O) groups excluding carboxylic acids is 1. The second-order valence-electron chi connectivity index (χ2n) is 9.56. The average molecular weight is 533 g/mol. The van der Waals surface area contributed by atoms with Crippen molar-refractivity contribution in [3.05, 3.63) is 65.0 Å². The topological polar surface area (TPSA) is 132 Å². The van der Waals surface area contributed by atoms with E-state index in [-0.39, 0.29) is 47.5 Å². The van der Waals surface area contributed by atoms with Gasteiger partial charge in [0.1, 0.15) is 35.3 Å². The number of ether oxygens (including phenoxy) is 1. The first-order chi connectivity index (χ1) is 17.9. The van der Waals surface area contributed by atoms with Crippen LogP contribution in [-0.4, -0.2) is 57.9 Å². The maximum Gasteiger partial charge on any atom is 0.283 e. The zero-order chi connectivity index (χ0) is 27.8. The number of benzene rings is 2. The van der Waals surface area contributed by atoms with Crippen molar-refractivity contribution in [3.8, 4) is 17.0 Å². The predicted octanol–water partition coefficient (Wildman–Crippen LogP) is 3.06. The number of aliphatic hydroxyl groups excluding tert-OH is 1. The summed E-state index contributed by atoms with van der Waals surface area (Å²) >= 11 is 0. The molecule has 4 rings (SSSR count). The molecular formula is C26H31F3N6O3. The minimum atomic E-state index is -3.08. The molecule has 0 radical (unpaired) electrons. The van der Waals surface area contributed by atoms with Gasteiger partial charge < -0.3 is 26.6 Å². The normalized spacial score (nSPS) is 18.1. The highest BCUT2D eigenvalue weighted by Gasteiger charge is 2.51. The summed E-state index contributed by atoms with van der Waals surface area (Å²) in [7, 11) is 1.39. The Labute approximate surface area is 218 Å². The fourth-order valence-corrected chi connectivity index (χ4v) is 4.56. The molecule has 38 heavy (non-hydrogen) atoms. The molecule has 1 aliphatic rings. The monoisotopic (exact) mass is 532 g/mol. The maximum atomic E-state index is 14.9. The first-order valence-electron chi connectivity index (χ1n) is 12.1. The van der Waals surface area contributed by atoms with Crippen LogP contribution in [0.4, 0.5) is 19.0 Å². The third kappa shape index (κ3) is 5.33. The van der Waals surface area contributed by atoms with Crippen LogP contribution in [0.25, 0.3) is 11.3 Å². The molecule has 0 bridgehead atoms.